The highest BCUT2D eigenvalue weighted by Gasteiger charge is 2.64. The van der Waals surface area contributed by atoms with E-state index >= 15 is 13.6 Å². The number of amides is 2. The zero-order valence-electron chi connectivity index (χ0n) is 40.0. The van der Waals surface area contributed by atoms with Crippen LogP contribution in [-0.2, 0) is 27.7 Å². The van der Waals surface area contributed by atoms with Crippen LogP contribution in [0.2, 0.25) is 0 Å². The van der Waals surface area contributed by atoms with Gasteiger partial charge in [-0.1, -0.05) is 18.1 Å². The summed E-state index contributed by atoms with van der Waals surface area (Å²) in [6.45, 7) is 13.8. The molecule has 17 nitrogen and oxygen atoms in total. The van der Waals surface area contributed by atoms with Crippen molar-refractivity contribution in [2.24, 2.45) is 13.0 Å². The van der Waals surface area contributed by atoms with Gasteiger partial charge in [-0.2, -0.15) is 10.2 Å². The van der Waals surface area contributed by atoms with Crippen molar-refractivity contribution in [3.63, 3.8) is 0 Å². The molecule has 1 unspecified atom stereocenters. The molecule has 1 aliphatic carbocycles. The number of aromatic amines is 1. The van der Waals surface area contributed by atoms with Crippen molar-refractivity contribution in [2.45, 2.75) is 96.4 Å². The quantitative estimate of drug-likeness (QED) is 0.166. The zero-order valence-corrected chi connectivity index (χ0v) is 40.0. The third-order valence-electron chi connectivity index (χ3n) is 15.6. The van der Waals surface area contributed by atoms with Gasteiger partial charge in [-0.05, 0) is 125 Å². The molecule has 70 heavy (non-hydrogen) atoms. The number of hydrogen-bond acceptors (Lipinski definition) is 9. The number of aromatic nitrogens is 9. The minimum atomic E-state index is -1.11. The minimum absolute atomic E-state index is 0.00265. The number of fused-ring (bicyclic) bond motifs is 4. The Hall–Kier alpha value is -7.41. The lowest BCUT2D eigenvalue weighted by Crippen LogP contribution is -2.47. The van der Waals surface area contributed by atoms with Crippen molar-refractivity contribution in [1.29, 1.82) is 0 Å². The van der Waals surface area contributed by atoms with Gasteiger partial charge in [0.05, 0.1) is 58.9 Å². The molecule has 0 radical (unpaired) electrons. The van der Waals surface area contributed by atoms with Gasteiger partial charge in [0, 0.05) is 49.4 Å². The largest absolute Gasteiger partial charge is 0.438 e. The zero-order chi connectivity index (χ0) is 49.1. The number of hydrogen-bond donors (Lipinski definition) is 1. The van der Waals surface area contributed by atoms with Gasteiger partial charge in [-0.3, -0.25) is 32.9 Å². The fourth-order valence-electron chi connectivity index (χ4n) is 11.9. The molecule has 3 aliphatic heterocycles. The van der Waals surface area contributed by atoms with Gasteiger partial charge in [0.1, 0.15) is 28.4 Å². The van der Waals surface area contributed by atoms with Gasteiger partial charge in [0.2, 0.25) is 5.91 Å². The Morgan fingerprint density at radius 1 is 0.914 bits per heavy atom. The molecule has 8 aromatic rings. The summed E-state index contributed by atoms with van der Waals surface area (Å²) in [5, 5.41) is 14.7. The fraction of sp³-hybridized carbons (Fsp3) is 0.392. The van der Waals surface area contributed by atoms with Crippen molar-refractivity contribution >= 4 is 33.6 Å². The number of carbonyl (C=O) groups is 2. The first-order valence-electron chi connectivity index (χ1n) is 23.6. The molecule has 5 aromatic heterocycles. The summed E-state index contributed by atoms with van der Waals surface area (Å²) in [5.74, 6) is -1.64. The molecule has 3 fully saturated rings. The van der Waals surface area contributed by atoms with Crippen molar-refractivity contribution in [1.82, 2.24) is 53.2 Å². The predicted molar refractivity (Wildman–Crippen MR) is 253 cm³/mol. The van der Waals surface area contributed by atoms with Crippen LogP contribution in [0.4, 0.5) is 8.78 Å². The summed E-state index contributed by atoms with van der Waals surface area (Å²) in [6, 6.07) is 13.9. The van der Waals surface area contributed by atoms with E-state index in [4.69, 9.17) is 14.4 Å². The highest BCUT2D eigenvalue weighted by molar-refractivity contribution is 6.00. The summed E-state index contributed by atoms with van der Waals surface area (Å²) in [7, 11) is 1.70. The molecule has 2 saturated heterocycles. The lowest BCUT2D eigenvalue weighted by Gasteiger charge is -2.38. The van der Waals surface area contributed by atoms with Crippen molar-refractivity contribution < 1.29 is 27.6 Å². The highest BCUT2D eigenvalue weighted by Crippen LogP contribution is 2.57. The molecule has 5 atom stereocenters. The van der Waals surface area contributed by atoms with E-state index in [0.29, 0.717) is 58.1 Å². The lowest BCUT2D eigenvalue weighted by molar-refractivity contribution is -0.125. The summed E-state index contributed by atoms with van der Waals surface area (Å²) in [6.07, 6.45) is 6.62. The molecule has 1 saturated carbocycles. The number of benzene rings is 3. The normalized spacial score (nSPS) is 23.7. The summed E-state index contributed by atoms with van der Waals surface area (Å²) in [4.78, 5) is 63.2. The van der Waals surface area contributed by atoms with Crippen LogP contribution < -0.4 is 11.4 Å². The molecule has 1 spiro atoms. The van der Waals surface area contributed by atoms with Crippen LogP contribution in [0.3, 0.4) is 0 Å². The average Bonchev–Trinajstić information content (AvgIpc) is 3.68. The Balaban J connectivity index is 1.06. The molecule has 3 aromatic carbocycles. The SMILES string of the molecule is CC(=O)N1CC12CN(C(=O)c1cc3cc([C@H]4CCOC(C)(C)C4)ccc3n1[C@@]1(c3noc(=O)[nH]3)C[C@@H]1C)[C@@H](C)c1c2nn(-c2cc(C)c(F)c(C)c2)c1-n1ccn(-c2ccc3c(cnn3C)c2F)c1=O. The van der Waals surface area contributed by atoms with Crippen LogP contribution in [0.5, 0.6) is 0 Å². The summed E-state index contributed by atoms with van der Waals surface area (Å²) < 4.78 is 50.5. The number of H-pyrrole nitrogens is 1. The van der Waals surface area contributed by atoms with Crippen LogP contribution in [0.1, 0.15) is 110 Å². The third kappa shape index (κ3) is 6.18. The Kier molecular flexibility index (Phi) is 9.27. The Bertz CT molecular complexity index is 3660. The average molecular weight is 952 g/mol. The maximum absolute atomic E-state index is 16.3. The first-order chi connectivity index (χ1) is 33.3. The number of nitrogens with zero attached hydrogens (tertiary/aromatic N) is 10. The monoisotopic (exact) mass is 951 g/mol. The highest BCUT2D eigenvalue weighted by atomic mass is 19.1. The van der Waals surface area contributed by atoms with Crippen LogP contribution in [0, 0.1) is 31.4 Å². The number of rotatable bonds is 7. The van der Waals surface area contributed by atoms with Crippen LogP contribution in [0.25, 0.3) is 39.0 Å². The second-order valence-corrected chi connectivity index (χ2v) is 20.5. The van der Waals surface area contributed by atoms with E-state index in [0.717, 1.165) is 29.3 Å². The van der Waals surface area contributed by atoms with Crippen molar-refractivity contribution in [3.8, 4) is 17.2 Å². The third-order valence-corrected chi connectivity index (χ3v) is 15.6. The molecule has 12 rings (SSSR count). The van der Waals surface area contributed by atoms with E-state index in [2.05, 4.69) is 41.2 Å². The number of nitrogens with one attached hydrogen (secondary N) is 1. The minimum Gasteiger partial charge on any atom is -0.376 e. The topological polar surface area (TPSA) is 176 Å². The molecule has 2 amide bonds. The van der Waals surface area contributed by atoms with Gasteiger partial charge in [-0.15, -0.1) is 0 Å². The van der Waals surface area contributed by atoms with Gasteiger partial charge >= 0.3 is 11.4 Å². The maximum atomic E-state index is 16.3. The molecule has 4 aliphatic rings. The Labute approximate surface area is 398 Å². The number of aryl methyl sites for hydroxylation is 3. The van der Waals surface area contributed by atoms with Crippen LogP contribution in [0.15, 0.2) is 81.2 Å². The van der Waals surface area contributed by atoms with Crippen molar-refractivity contribution in [3.05, 3.63) is 139 Å². The second kappa shape index (κ2) is 14.8. The summed E-state index contributed by atoms with van der Waals surface area (Å²) in [5.41, 5.74) is 1.86. The first kappa shape index (κ1) is 43.8. The van der Waals surface area contributed by atoms with Crippen LogP contribution >= 0.6 is 0 Å². The van der Waals surface area contributed by atoms with E-state index in [1.807, 2.05) is 30.5 Å². The van der Waals surface area contributed by atoms with E-state index in [1.165, 1.54) is 40.7 Å². The van der Waals surface area contributed by atoms with E-state index < -0.39 is 40.2 Å². The predicted octanol–water partition coefficient (Wildman–Crippen LogP) is 6.96. The Morgan fingerprint density at radius 3 is 2.31 bits per heavy atom. The second-order valence-electron chi connectivity index (χ2n) is 20.5. The van der Waals surface area contributed by atoms with E-state index in [1.54, 1.807) is 58.3 Å². The smallest absolute Gasteiger partial charge is 0.376 e. The lowest BCUT2D eigenvalue weighted by atomic mass is 9.83. The Morgan fingerprint density at radius 2 is 1.64 bits per heavy atom. The van der Waals surface area contributed by atoms with E-state index in [9.17, 15) is 14.4 Å². The number of carbonyl (C=O) groups excluding carboxylic acids is 2. The summed E-state index contributed by atoms with van der Waals surface area (Å²) >= 11 is 0. The van der Waals surface area contributed by atoms with E-state index in [-0.39, 0.29) is 59.2 Å². The molecule has 0 bridgehead atoms. The molecule has 8 heterocycles. The molecular weight excluding hydrogens is 901 g/mol. The van der Waals surface area contributed by atoms with Gasteiger partial charge in [0.25, 0.3) is 5.91 Å². The standard InChI is InChI=1S/C51H51F2N11O6/c1-26-17-34(18-27(2)41(26)52)64-44(60-15-14-59(48(60)68)38-12-11-37-35(42(38)53)23-54-58(37)8)40-29(4)61(24-50(43(40)56-64)25-62(50)30(5)65)45(66)39-20-33-19-31(32-13-16-69-49(6,7)22-32)9-10-36(33)63(39)51(21-28(51)3)46-55-47(67)70-57-46/h9-12,14-15,17-20,23,28-29,32H,13,16,21-22,24-25H2,1-8H3,(H,55,57,67)/t28-,29-,32-,50?,51-,62?/m0/s1. The van der Waals surface area contributed by atoms with Crippen molar-refractivity contribution in [2.75, 3.05) is 19.7 Å². The van der Waals surface area contributed by atoms with Crippen LogP contribution in [-0.4, -0.2) is 90.3 Å². The molecule has 360 valence electrons. The van der Waals surface area contributed by atoms with Gasteiger partial charge in [-0.25, -0.2) is 23.1 Å². The molecular formula is C51H51F2N11O6. The number of ether oxygens (including phenoxy) is 1. The molecule has 1 N–H and O–H groups in total. The maximum Gasteiger partial charge on any atom is 0.438 e. The first-order valence-corrected chi connectivity index (χ1v) is 23.6. The van der Waals surface area contributed by atoms with Gasteiger partial charge in [0.15, 0.2) is 11.6 Å². The number of imidazole rings is 1. The molecule has 19 heteroatoms. The number of halogens is 2. The fourth-order valence-corrected chi connectivity index (χ4v) is 11.9. The van der Waals surface area contributed by atoms with Gasteiger partial charge < -0.3 is 19.1 Å².